The maximum absolute atomic E-state index is 13.7. The van der Waals surface area contributed by atoms with Crippen LogP contribution >= 0.6 is 0 Å². The van der Waals surface area contributed by atoms with Crippen molar-refractivity contribution in [3.05, 3.63) is 77.5 Å². The molecule has 3 aromatic rings. The predicted molar refractivity (Wildman–Crippen MR) is 92.6 cm³/mol. The van der Waals surface area contributed by atoms with Crippen LogP contribution in [-0.2, 0) is 6.54 Å². The number of anilines is 2. The number of rotatable bonds is 5. The molecule has 0 spiro atoms. The molecule has 3 rings (SSSR count). The number of nitrogens with zero attached hydrogens (tertiary/aromatic N) is 3. The smallest absolute Gasteiger partial charge is 0.274 e. The van der Waals surface area contributed by atoms with E-state index in [1.807, 2.05) is 18.2 Å². The molecule has 0 fully saturated rings. The molecule has 0 aliphatic heterocycles. The van der Waals surface area contributed by atoms with Gasteiger partial charge in [0.1, 0.15) is 29.0 Å². The Labute approximate surface area is 148 Å². The molecule has 2 aromatic heterocycles. The van der Waals surface area contributed by atoms with E-state index in [2.05, 4.69) is 25.6 Å². The Bertz CT molecular complexity index is 934. The van der Waals surface area contributed by atoms with E-state index in [0.29, 0.717) is 24.3 Å². The van der Waals surface area contributed by atoms with Crippen LogP contribution < -0.4 is 10.6 Å². The van der Waals surface area contributed by atoms with Crippen molar-refractivity contribution in [3.63, 3.8) is 0 Å². The molecule has 0 aliphatic rings. The molecule has 8 heteroatoms. The zero-order valence-electron chi connectivity index (χ0n) is 13.8. The number of pyridine rings is 1. The summed E-state index contributed by atoms with van der Waals surface area (Å²) in [5, 5.41) is 5.43. The van der Waals surface area contributed by atoms with E-state index in [4.69, 9.17) is 0 Å². The molecule has 2 N–H and O–H groups in total. The molecule has 2 heterocycles. The number of carbonyl (C=O) groups excluding carboxylic acids is 1. The first kappa shape index (κ1) is 17.4. The maximum atomic E-state index is 13.7. The van der Waals surface area contributed by atoms with Crippen LogP contribution in [0.1, 0.15) is 22.0 Å². The van der Waals surface area contributed by atoms with E-state index >= 15 is 0 Å². The molecule has 0 unspecified atom stereocenters. The molecule has 0 atom stereocenters. The highest BCUT2D eigenvalue weighted by Gasteiger charge is 2.13. The number of halogens is 2. The highest BCUT2D eigenvalue weighted by Crippen LogP contribution is 2.16. The summed E-state index contributed by atoms with van der Waals surface area (Å²) in [6.07, 6.45) is 1.68. The van der Waals surface area contributed by atoms with Gasteiger partial charge in [-0.25, -0.2) is 18.7 Å². The van der Waals surface area contributed by atoms with Crippen LogP contribution in [0.4, 0.5) is 20.3 Å². The Morgan fingerprint density at radius 3 is 2.69 bits per heavy atom. The zero-order chi connectivity index (χ0) is 18.5. The van der Waals surface area contributed by atoms with Crippen LogP contribution in [0.3, 0.4) is 0 Å². The average Bonchev–Trinajstić information content (AvgIpc) is 2.63. The van der Waals surface area contributed by atoms with Crippen molar-refractivity contribution in [3.8, 4) is 0 Å². The van der Waals surface area contributed by atoms with E-state index in [1.165, 1.54) is 6.07 Å². The summed E-state index contributed by atoms with van der Waals surface area (Å²) in [6, 6.07) is 9.89. The van der Waals surface area contributed by atoms with Gasteiger partial charge >= 0.3 is 0 Å². The van der Waals surface area contributed by atoms with Crippen molar-refractivity contribution in [1.82, 2.24) is 15.0 Å². The van der Waals surface area contributed by atoms with Gasteiger partial charge in [-0.1, -0.05) is 6.07 Å². The summed E-state index contributed by atoms with van der Waals surface area (Å²) in [5.41, 5.74) is 0.739. The second-order valence-corrected chi connectivity index (χ2v) is 5.44. The Morgan fingerprint density at radius 2 is 1.96 bits per heavy atom. The van der Waals surface area contributed by atoms with Gasteiger partial charge in [0.15, 0.2) is 0 Å². The van der Waals surface area contributed by atoms with Gasteiger partial charge in [-0.05, 0) is 31.2 Å². The van der Waals surface area contributed by atoms with Crippen molar-refractivity contribution < 1.29 is 13.6 Å². The highest BCUT2D eigenvalue weighted by atomic mass is 19.1. The summed E-state index contributed by atoms with van der Waals surface area (Å²) < 4.78 is 26.6. The van der Waals surface area contributed by atoms with Gasteiger partial charge < -0.3 is 10.6 Å². The monoisotopic (exact) mass is 355 g/mol. The van der Waals surface area contributed by atoms with E-state index < -0.39 is 17.5 Å². The first-order chi connectivity index (χ1) is 12.5. The number of carbonyl (C=O) groups is 1. The van der Waals surface area contributed by atoms with Gasteiger partial charge in [-0.2, -0.15) is 0 Å². The second-order valence-electron chi connectivity index (χ2n) is 5.44. The molecule has 26 heavy (non-hydrogen) atoms. The normalized spacial score (nSPS) is 10.4. The van der Waals surface area contributed by atoms with Crippen molar-refractivity contribution in [1.29, 1.82) is 0 Å². The van der Waals surface area contributed by atoms with E-state index in [-0.39, 0.29) is 11.4 Å². The van der Waals surface area contributed by atoms with Crippen LogP contribution in [0.5, 0.6) is 0 Å². The summed E-state index contributed by atoms with van der Waals surface area (Å²) in [4.78, 5) is 24.8. The van der Waals surface area contributed by atoms with Gasteiger partial charge in [0.25, 0.3) is 5.91 Å². The Balaban J connectivity index is 1.75. The van der Waals surface area contributed by atoms with Crippen LogP contribution in [0, 0.1) is 18.6 Å². The first-order valence-corrected chi connectivity index (χ1v) is 7.77. The van der Waals surface area contributed by atoms with Crippen molar-refractivity contribution >= 4 is 17.4 Å². The number of benzene rings is 1. The van der Waals surface area contributed by atoms with Crippen molar-refractivity contribution in [2.24, 2.45) is 0 Å². The number of hydrogen-bond donors (Lipinski definition) is 2. The molecule has 0 saturated heterocycles. The summed E-state index contributed by atoms with van der Waals surface area (Å²) in [6.45, 7) is 2.06. The maximum Gasteiger partial charge on any atom is 0.274 e. The quantitative estimate of drug-likeness (QED) is 0.734. The van der Waals surface area contributed by atoms with Crippen LogP contribution in [0.15, 0.2) is 48.7 Å². The fourth-order valence-corrected chi connectivity index (χ4v) is 2.24. The van der Waals surface area contributed by atoms with Gasteiger partial charge in [0, 0.05) is 18.3 Å². The molecular formula is C18H15F2N5O. The topological polar surface area (TPSA) is 79.8 Å². The minimum atomic E-state index is -0.863. The number of aryl methyl sites for hydroxylation is 1. The van der Waals surface area contributed by atoms with E-state index in [1.54, 1.807) is 13.1 Å². The van der Waals surface area contributed by atoms with Gasteiger partial charge in [-0.3, -0.25) is 9.78 Å². The molecule has 1 aromatic carbocycles. The summed E-state index contributed by atoms with van der Waals surface area (Å²) >= 11 is 0. The highest BCUT2D eigenvalue weighted by molar-refractivity contribution is 6.03. The summed E-state index contributed by atoms with van der Waals surface area (Å²) in [5.74, 6) is -1.40. The lowest BCUT2D eigenvalue weighted by Crippen LogP contribution is -2.16. The Kier molecular flexibility index (Phi) is 5.12. The molecule has 0 radical (unpaired) electrons. The molecule has 6 nitrogen and oxygen atoms in total. The third kappa shape index (κ3) is 4.35. The van der Waals surface area contributed by atoms with Gasteiger partial charge in [0.05, 0.1) is 17.9 Å². The third-order valence-corrected chi connectivity index (χ3v) is 3.43. The largest absolute Gasteiger partial charge is 0.364 e. The standard InChI is InChI=1S/C18H15F2N5O/c1-11-23-16(18(26)25-15-6-5-12(19)8-14(15)20)9-17(24-11)22-10-13-4-2-3-7-21-13/h2-9H,10H2,1H3,(H,25,26)(H,22,23,24). The van der Waals surface area contributed by atoms with E-state index in [9.17, 15) is 13.6 Å². The molecule has 1 amide bonds. The Hall–Kier alpha value is -3.42. The SMILES string of the molecule is Cc1nc(NCc2ccccn2)cc(C(=O)Nc2ccc(F)cc2F)n1. The fraction of sp³-hybridized carbons (Fsp3) is 0.111. The number of aromatic nitrogens is 3. The average molecular weight is 355 g/mol. The van der Waals surface area contributed by atoms with Crippen LogP contribution in [-0.4, -0.2) is 20.9 Å². The second kappa shape index (κ2) is 7.64. The van der Waals surface area contributed by atoms with Gasteiger partial charge in [0.2, 0.25) is 0 Å². The lowest BCUT2D eigenvalue weighted by atomic mass is 10.2. The molecule has 132 valence electrons. The molecule has 0 aliphatic carbocycles. The summed E-state index contributed by atoms with van der Waals surface area (Å²) in [7, 11) is 0. The zero-order valence-corrected chi connectivity index (χ0v) is 13.8. The molecular weight excluding hydrogens is 340 g/mol. The third-order valence-electron chi connectivity index (χ3n) is 3.43. The Morgan fingerprint density at radius 1 is 1.12 bits per heavy atom. The molecule has 0 saturated carbocycles. The lowest BCUT2D eigenvalue weighted by Gasteiger charge is -2.09. The first-order valence-electron chi connectivity index (χ1n) is 7.77. The fourth-order valence-electron chi connectivity index (χ4n) is 2.24. The number of nitrogens with one attached hydrogen (secondary N) is 2. The molecule has 0 bridgehead atoms. The minimum absolute atomic E-state index is 0.0599. The predicted octanol–water partition coefficient (Wildman–Crippen LogP) is 3.32. The van der Waals surface area contributed by atoms with Gasteiger partial charge in [-0.15, -0.1) is 0 Å². The minimum Gasteiger partial charge on any atom is -0.364 e. The van der Waals surface area contributed by atoms with Crippen molar-refractivity contribution in [2.75, 3.05) is 10.6 Å². The lowest BCUT2D eigenvalue weighted by molar-refractivity contribution is 0.102. The number of hydrogen-bond acceptors (Lipinski definition) is 5. The van der Waals surface area contributed by atoms with Crippen molar-refractivity contribution in [2.45, 2.75) is 13.5 Å². The number of amides is 1. The van der Waals surface area contributed by atoms with Crippen LogP contribution in [0.25, 0.3) is 0 Å². The van der Waals surface area contributed by atoms with Crippen LogP contribution in [0.2, 0.25) is 0 Å². The van der Waals surface area contributed by atoms with E-state index in [0.717, 1.165) is 17.8 Å².